The van der Waals surface area contributed by atoms with Gasteiger partial charge in [-0.25, -0.2) is 0 Å². The molecule has 2 N–H and O–H groups in total. The van der Waals surface area contributed by atoms with Crippen molar-refractivity contribution < 1.29 is 9.53 Å². The maximum absolute atomic E-state index is 12.3. The molecule has 4 nitrogen and oxygen atoms in total. The van der Waals surface area contributed by atoms with Crippen LogP contribution in [0.1, 0.15) is 25.3 Å². The lowest BCUT2D eigenvalue weighted by molar-refractivity contribution is -0.137. The van der Waals surface area contributed by atoms with Crippen molar-refractivity contribution in [2.75, 3.05) is 19.7 Å². The summed E-state index contributed by atoms with van der Waals surface area (Å²) in [5.74, 6) is 1.33. The molecule has 1 heterocycles. The molecule has 0 aliphatic carbocycles. The number of halogens is 2. The average Bonchev–Trinajstić information content (AvgIpc) is 2.45. The number of nitrogens with two attached hydrogens (primary N) is 1. The van der Waals surface area contributed by atoms with E-state index in [-0.39, 0.29) is 31.0 Å². The normalized spacial score (nSPS) is 21.2. The number of aryl methyl sites for hydroxylation is 1. The quantitative estimate of drug-likeness (QED) is 0.911. The second-order valence-electron chi connectivity index (χ2n) is 5.80. The minimum Gasteiger partial charge on any atom is -0.483 e. The molecule has 1 aromatic carbocycles. The summed E-state index contributed by atoms with van der Waals surface area (Å²) in [6.45, 7) is 5.45. The maximum atomic E-state index is 12.3. The molecule has 1 amide bonds. The molecule has 0 bridgehead atoms. The Balaban J connectivity index is 0.00000242. The fraction of sp³-hybridized carbons (Fsp3) is 0.562. The summed E-state index contributed by atoms with van der Waals surface area (Å²) in [5, 5.41) is 0.666. The largest absolute Gasteiger partial charge is 0.483 e. The Morgan fingerprint density at radius 3 is 2.86 bits per heavy atom. The highest BCUT2D eigenvalue weighted by molar-refractivity contribution is 6.30. The van der Waals surface area contributed by atoms with Gasteiger partial charge in [0.2, 0.25) is 0 Å². The van der Waals surface area contributed by atoms with E-state index in [1.807, 2.05) is 17.9 Å². The Hall–Kier alpha value is -0.970. The smallest absolute Gasteiger partial charge is 0.260 e. The van der Waals surface area contributed by atoms with Crippen LogP contribution in [0.25, 0.3) is 0 Å². The van der Waals surface area contributed by atoms with Gasteiger partial charge in [-0.1, -0.05) is 18.5 Å². The monoisotopic (exact) mass is 346 g/mol. The first-order chi connectivity index (χ1) is 10.0. The summed E-state index contributed by atoms with van der Waals surface area (Å²) in [5.41, 5.74) is 6.72. The molecule has 0 aromatic heterocycles. The summed E-state index contributed by atoms with van der Waals surface area (Å²) in [6.07, 6.45) is 2.00. The van der Waals surface area contributed by atoms with Crippen LogP contribution >= 0.6 is 24.0 Å². The SMILES string of the molecule is Cc1cc(Cl)ccc1OCC(=O)N1CCC(C)CC1CN.Cl. The van der Waals surface area contributed by atoms with Crippen LogP contribution in [-0.2, 0) is 4.79 Å². The van der Waals surface area contributed by atoms with E-state index in [0.29, 0.717) is 23.2 Å². The van der Waals surface area contributed by atoms with Gasteiger partial charge in [0.25, 0.3) is 5.91 Å². The third-order valence-corrected chi connectivity index (χ3v) is 4.29. The Morgan fingerprint density at radius 1 is 1.50 bits per heavy atom. The summed E-state index contributed by atoms with van der Waals surface area (Å²) >= 11 is 5.91. The molecular formula is C16H24Cl2N2O2. The number of ether oxygens (including phenoxy) is 1. The van der Waals surface area contributed by atoms with Crippen molar-refractivity contribution in [3.8, 4) is 5.75 Å². The molecule has 2 unspecified atom stereocenters. The van der Waals surface area contributed by atoms with Gasteiger partial charge in [0.1, 0.15) is 5.75 Å². The van der Waals surface area contributed by atoms with Crippen molar-refractivity contribution >= 4 is 29.9 Å². The van der Waals surface area contributed by atoms with Crippen LogP contribution in [-0.4, -0.2) is 36.5 Å². The summed E-state index contributed by atoms with van der Waals surface area (Å²) < 4.78 is 5.64. The molecule has 0 saturated carbocycles. The van der Waals surface area contributed by atoms with Crippen LogP contribution in [0.3, 0.4) is 0 Å². The van der Waals surface area contributed by atoms with Gasteiger partial charge >= 0.3 is 0 Å². The second kappa shape index (κ2) is 8.61. The lowest BCUT2D eigenvalue weighted by Crippen LogP contribution is -2.50. The van der Waals surface area contributed by atoms with Gasteiger partial charge in [-0.05, 0) is 49.4 Å². The van der Waals surface area contributed by atoms with Crippen LogP contribution in [0.15, 0.2) is 18.2 Å². The predicted molar refractivity (Wildman–Crippen MR) is 91.9 cm³/mol. The Labute approximate surface area is 143 Å². The Bertz CT molecular complexity index is 511. The van der Waals surface area contributed by atoms with Crippen LogP contribution in [0.5, 0.6) is 5.75 Å². The standard InChI is InChI=1S/C16H23ClN2O2.ClH/c1-11-5-6-19(14(7-11)9-18)16(20)10-21-15-4-3-13(17)8-12(15)2;/h3-4,8,11,14H,5-7,9-10,18H2,1-2H3;1H. The highest BCUT2D eigenvalue weighted by Crippen LogP contribution is 2.24. The molecule has 2 rings (SSSR count). The number of benzene rings is 1. The van der Waals surface area contributed by atoms with Gasteiger partial charge in [-0.2, -0.15) is 0 Å². The third kappa shape index (κ3) is 4.77. The number of nitrogens with zero attached hydrogens (tertiary/aromatic N) is 1. The number of amides is 1. The topological polar surface area (TPSA) is 55.6 Å². The molecular weight excluding hydrogens is 323 g/mol. The predicted octanol–water partition coefficient (Wildman–Crippen LogP) is 3.03. The van der Waals surface area contributed by atoms with Crippen LogP contribution < -0.4 is 10.5 Å². The van der Waals surface area contributed by atoms with E-state index >= 15 is 0 Å². The highest BCUT2D eigenvalue weighted by atomic mass is 35.5. The Kier molecular flexibility index (Phi) is 7.46. The van der Waals surface area contributed by atoms with Gasteiger partial charge in [-0.15, -0.1) is 12.4 Å². The van der Waals surface area contributed by atoms with Gasteiger partial charge in [0.15, 0.2) is 6.61 Å². The first-order valence-electron chi connectivity index (χ1n) is 7.39. The van der Waals surface area contributed by atoms with Gasteiger partial charge in [-0.3, -0.25) is 4.79 Å². The number of piperidine rings is 1. The molecule has 2 atom stereocenters. The molecule has 1 aromatic rings. The van der Waals surface area contributed by atoms with E-state index in [4.69, 9.17) is 22.1 Å². The number of hydrogen-bond acceptors (Lipinski definition) is 3. The summed E-state index contributed by atoms with van der Waals surface area (Å²) in [4.78, 5) is 14.2. The number of likely N-dealkylation sites (tertiary alicyclic amines) is 1. The first kappa shape index (κ1) is 19.1. The molecule has 0 radical (unpaired) electrons. The third-order valence-electron chi connectivity index (χ3n) is 4.06. The van der Waals surface area contributed by atoms with E-state index in [2.05, 4.69) is 6.92 Å². The number of hydrogen-bond donors (Lipinski definition) is 1. The summed E-state index contributed by atoms with van der Waals surface area (Å²) in [7, 11) is 0. The van der Waals surface area contributed by atoms with Gasteiger partial charge in [0, 0.05) is 24.2 Å². The number of rotatable bonds is 4. The zero-order valence-corrected chi connectivity index (χ0v) is 14.6. The van der Waals surface area contributed by atoms with Crippen molar-refractivity contribution in [2.45, 2.75) is 32.7 Å². The lowest BCUT2D eigenvalue weighted by atomic mass is 9.92. The maximum Gasteiger partial charge on any atom is 0.260 e. The van der Waals surface area contributed by atoms with Crippen molar-refractivity contribution in [3.05, 3.63) is 28.8 Å². The van der Waals surface area contributed by atoms with Crippen molar-refractivity contribution in [1.82, 2.24) is 4.90 Å². The molecule has 1 aliphatic rings. The summed E-state index contributed by atoms with van der Waals surface area (Å²) in [6, 6.07) is 5.52. The Morgan fingerprint density at radius 2 is 2.23 bits per heavy atom. The van der Waals surface area contributed by atoms with Gasteiger partial charge < -0.3 is 15.4 Å². The van der Waals surface area contributed by atoms with Crippen LogP contribution in [0.4, 0.5) is 0 Å². The van der Waals surface area contributed by atoms with Gasteiger partial charge in [0.05, 0.1) is 0 Å². The molecule has 124 valence electrons. The van der Waals surface area contributed by atoms with Crippen LogP contribution in [0.2, 0.25) is 5.02 Å². The molecule has 22 heavy (non-hydrogen) atoms. The van der Waals surface area contributed by atoms with Crippen LogP contribution in [0, 0.1) is 12.8 Å². The first-order valence-corrected chi connectivity index (χ1v) is 7.77. The fourth-order valence-electron chi connectivity index (χ4n) is 2.80. The minimum atomic E-state index is 0. The zero-order chi connectivity index (χ0) is 15.4. The van der Waals surface area contributed by atoms with E-state index in [0.717, 1.165) is 24.9 Å². The van der Waals surface area contributed by atoms with E-state index in [1.54, 1.807) is 12.1 Å². The van der Waals surface area contributed by atoms with E-state index < -0.39 is 0 Å². The van der Waals surface area contributed by atoms with Crippen molar-refractivity contribution in [1.29, 1.82) is 0 Å². The second-order valence-corrected chi connectivity index (χ2v) is 6.24. The zero-order valence-electron chi connectivity index (χ0n) is 13.0. The number of carbonyl (C=O) groups is 1. The van der Waals surface area contributed by atoms with E-state index in [1.165, 1.54) is 0 Å². The average molecular weight is 347 g/mol. The highest BCUT2D eigenvalue weighted by Gasteiger charge is 2.29. The number of carbonyl (C=O) groups excluding carboxylic acids is 1. The molecule has 1 fully saturated rings. The fourth-order valence-corrected chi connectivity index (χ4v) is 3.03. The lowest BCUT2D eigenvalue weighted by Gasteiger charge is -2.37. The minimum absolute atomic E-state index is 0. The molecule has 1 saturated heterocycles. The molecule has 1 aliphatic heterocycles. The molecule has 0 spiro atoms. The van der Waals surface area contributed by atoms with Crippen molar-refractivity contribution in [2.24, 2.45) is 11.7 Å². The van der Waals surface area contributed by atoms with Crippen molar-refractivity contribution in [3.63, 3.8) is 0 Å². The molecule has 6 heteroatoms. The van der Waals surface area contributed by atoms with E-state index in [9.17, 15) is 4.79 Å².